The summed E-state index contributed by atoms with van der Waals surface area (Å²) in [6.07, 6.45) is 2.19. The molecule has 1 heterocycles. The number of ether oxygens (including phenoxy) is 2. The van der Waals surface area contributed by atoms with Gasteiger partial charge >= 0.3 is 0 Å². The van der Waals surface area contributed by atoms with Crippen molar-refractivity contribution in [3.05, 3.63) is 28.2 Å². The van der Waals surface area contributed by atoms with Gasteiger partial charge in [-0.25, -0.2) is 0 Å². The summed E-state index contributed by atoms with van der Waals surface area (Å²) in [6, 6.07) is 5.19. The fourth-order valence-corrected chi connectivity index (χ4v) is 3.55. The van der Waals surface area contributed by atoms with Crippen LogP contribution in [0.25, 0.3) is 0 Å². The molecule has 1 aromatic carbocycles. The lowest BCUT2D eigenvalue weighted by Gasteiger charge is -2.52. The second-order valence-electron chi connectivity index (χ2n) is 5.56. The van der Waals surface area contributed by atoms with Crippen LogP contribution in [-0.4, -0.2) is 37.8 Å². The number of hydrogen-bond acceptors (Lipinski definition) is 4. The van der Waals surface area contributed by atoms with Gasteiger partial charge in [0, 0.05) is 23.0 Å². The summed E-state index contributed by atoms with van der Waals surface area (Å²) < 4.78 is 11.9. The molecule has 1 saturated heterocycles. The molecule has 4 atom stereocenters. The smallest absolute Gasteiger partial charge is 0.255 e. The minimum atomic E-state index is -0.174. The van der Waals surface area contributed by atoms with Gasteiger partial charge < -0.3 is 20.5 Å². The summed E-state index contributed by atoms with van der Waals surface area (Å²) >= 11 is 3.37. The summed E-state index contributed by atoms with van der Waals surface area (Å²) in [5.41, 5.74) is 6.67. The number of fused-ring (bicyclic) bond motifs is 1. The Hall–Kier alpha value is -1.11. The van der Waals surface area contributed by atoms with E-state index in [0.29, 0.717) is 17.2 Å². The van der Waals surface area contributed by atoms with Crippen molar-refractivity contribution in [2.75, 3.05) is 13.7 Å². The van der Waals surface area contributed by atoms with E-state index in [1.54, 1.807) is 19.2 Å². The molecule has 2 fully saturated rings. The van der Waals surface area contributed by atoms with Crippen molar-refractivity contribution in [2.45, 2.75) is 31.0 Å². The number of benzene rings is 1. The molecule has 0 radical (unpaired) electrons. The first-order valence-corrected chi connectivity index (χ1v) is 7.92. The minimum absolute atomic E-state index is 0.0271. The van der Waals surface area contributed by atoms with Gasteiger partial charge in [0.1, 0.15) is 5.75 Å². The van der Waals surface area contributed by atoms with E-state index >= 15 is 0 Å². The number of nitrogens with one attached hydrogen (secondary N) is 1. The molecule has 5 nitrogen and oxygen atoms in total. The molecule has 0 bridgehead atoms. The van der Waals surface area contributed by atoms with E-state index in [1.807, 2.05) is 6.07 Å². The van der Waals surface area contributed by atoms with Crippen LogP contribution in [-0.2, 0) is 4.74 Å². The third-order valence-electron chi connectivity index (χ3n) is 4.38. The molecular weight excluding hydrogens is 336 g/mol. The van der Waals surface area contributed by atoms with Gasteiger partial charge in [-0.05, 0) is 31.0 Å². The van der Waals surface area contributed by atoms with Crippen molar-refractivity contribution in [1.29, 1.82) is 0 Å². The molecule has 6 heteroatoms. The van der Waals surface area contributed by atoms with Crippen LogP contribution in [0.15, 0.2) is 22.7 Å². The third-order valence-corrected chi connectivity index (χ3v) is 4.88. The van der Waals surface area contributed by atoms with Crippen LogP contribution in [0, 0.1) is 5.92 Å². The van der Waals surface area contributed by atoms with Gasteiger partial charge in [-0.1, -0.05) is 15.9 Å². The molecule has 21 heavy (non-hydrogen) atoms. The number of hydrogen-bond donors (Lipinski definition) is 2. The molecule has 114 valence electrons. The Kier molecular flexibility index (Phi) is 4.19. The van der Waals surface area contributed by atoms with Crippen LogP contribution in [0.5, 0.6) is 5.75 Å². The predicted molar refractivity (Wildman–Crippen MR) is 82.4 cm³/mol. The molecule has 0 aromatic heterocycles. The quantitative estimate of drug-likeness (QED) is 0.866. The first kappa shape index (κ1) is 14.8. The second kappa shape index (κ2) is 5.94. The highest BCUT2D eigenvalue weighted by Gasteiger charge is 2.51. The lowest BCUT2D eigenvalue weighted by atomic mass is 9.68. The third kappa shape index (κ3) is 2.67. The van der Waals surface area contributed by atoms with E-state index in [9.17, 15) is 4.79 Å². The average molecular weight is 355 g/mol. The van der Waals surface area contributed by atoms with E-state index in [-0.39, 0.29) is 24.1 Å². The Bertz CT molecular complexity index is 552. The van der Waals surface area contributed by atoms with Crippen LogP contribution in [0.3, 0.4) is 0 Å². The highest BCUT2D eigenvalue weighted by molar-refractivity contribution is 9.10. The molecule has 1 aromatic rings. The van der Waals surface area contributed by atoms with E-state index in [0.717, 1.165) is 23.9 Å². The van der Waals surface area contributed by atoms with Crippen LogP contribution in [0.4, 0.5) is 0 Å². The maximum Gasteiger partial charge on any atom is 0.255 e. The molecule has 1 aliphatic carbocycles. The number of nitrogens with two attached hydrogens (primary N) is 1. The number of rotatable bonds is 3. The molecule has 2 aliphatic rings. The summed E-state index contributed by atoms with van der Waals surface area (Å²) in [4.78, 5) is 12.4. The molecule has 1 amide bonds. The highest BCUT2D eigenvalue weighted by atomic mass is 79.9. The zero-order valence-electron chi connectivity index (χ0n) is 11.8. The van der Waals surface area contributed by atoms with Crippen LogP contribution in [0.1, 0.15) is 23.2 Å². The molecule has 1 aliphatic heterocycles. The zero-order chi connectivity index (χ0) is 15.0. The van der Waals surface area contributed by atoms with Crippen molar-refractivity contribution in [2.24, 2.45) is 11.7 Å². The van der Waals surface area contributed by atoms with Crippen molar-refractivity contribution in [3.8, 4) is 5.75 Å². The van der Waals surface area contributed by atoms with E-state index in [2.05, 4.69) is 21.2 Å². The van der Waals surface area contributed by atoms with Crippen LogP contribution >= 0.6 is 15.9 Å². The zero-order valence-corrected chi connectivity index (χ0v) is 13.4. The number of carbonyl (C=O) groups excluding carboxylic acids is 1. The molecule has 3 rings (SSSR count). The van der Waals surface area contributed by atoms with Crippen molar-refractivity contribution in [1.82, 2.24) is 5.32 Å². The first-order valence-electron chi connectivity index (χ1n) is 7.13. The lowest BCUT2D eigenvalue weighted by molar-refractivity contribution is -0.117. The number of halogens is 1. The average Bonchev–Trinajstić information content (AvgIpc) is 2.51. The first-order chi connectivity index (χ1) is 10.1. The fourth-order valence-electron chi connectivity index (χ4n) is 3.21. The minimum Gasteiger partial charge on any atom is -0.496 e. The molecule has 0 spiro atoms. The number of carbonyl (C=O) groups is 1. The summed E-state index contributed by atoms with van der Waals surface area (Å²) in [5.74, 6) is 0.735. The molecule has 4 unspecified atom stereocenters. The van der Waals surface area contributed by atoms with Crippen molar-refractivity contribution < 1.29 is 14.3 Å². The predicted octanol–water partition coefficient (Wildman–Crippen LogP) is 1.69. The SMILES string of the molecule is COc1cc(Br)ccc1C(=O)NC1C(N)C2CCCOC21. The Morgan fingerprint density at radius 3 is 3.10 bits per heavy atom. The van der Waals surface area contributed by atoms with Gasteiger partial charge in [-0.15, -0.1) is 0 Å². The Labute approximate surface area is 132 Å². The van der Waals surface area contributed by atoms with Crippen molar-refractivity contribution in [3.63, 3.8) is 0 Å². The monoisotopic (exact) mass is 354 g/mol. The number of methoxy groups -OCH3 is 1. The van der Waals surface area contributed by atoms with E-state index in [1.165, 1.54) is 0 Å². The number of amides is 1. The summed E-state index contributed by atoms with van der Waals surface area (Å²) in [5, 5.41) is 2.99. The van der Waals surface area contributed by atoms with Gasteiger partial charge in [0.15, 0.2) is 0 Å². The maximum absolute atomic E-state index is 12.4. The lowest BCUT2D eigenvalue weighted by Crippen LogP contribution is -2.72. The highest BCUT2D eigenvalue weighted by Crippen LogP contribution is 2.37. The Morgan fingerprint density at radius 1 is 1.52 bits per heavy atom. The van der Waals surface area contributed by atoms with Crippen LogP contribution in [0.2, 0.25) is 0 Å². The fraction of sp³-hybridized carbons (Fsp3) is 0.533. The molecule has 1 saturated carbocycles. The largest absolute Gasteiger partial charge is 0.496 e. The standard InChI is InChI=1S/C15H19BrN2O3/c1-20-11-7-8(16)4-5-9(11)15(19)18-13-12(17)10-3-2-6-21-14(10)13/h4-5,7,10,12-14H,2-3,6,17H2,1H3,(H,18,19). The summed E-state index contributed by atoms with van der Waals surface area (Å²) in [7, 11) is 1.55. The maximum atomic E-state index is 12.4. The topological polar surface area (TPSA) is 73.6 Å². The normalized spacial score (nSPS) is 31.0. The Morgan fingerprint density at radius 2 is 2.33 bits per heavy atom. The van der Waals surface area contributed by atoms with Gasteiger partial charge in [0.05, 0.1) is 24.8 Å². The Balaban J connectivity index is 1.72. The van der Waals surface area contributed by atoms with E-state index < -0.39 is 0 Å². The summed E-state index contributed by atoms with van der Waals surface area (Å²) in [6.45, 7) is 0.752. The molecule has 3 N–H and O–H groups in total. The van der Waals surface area contributed by atoms with Gasteiger partial charge in [-0.3, -0.25) is 4.79 Å². The van der Waals surface area contributed by atoms with Gasteiger partial charge in [-0.2, -0.15) is 0 Å². The second-order valence-corrected chi connectivity index (χ2v) is 6.48. The van der Waals surface area contributed by atoms with E-state index in [4.69, 9.17) is 15.2 Å². The van der Waals surface area contributed by atoms with Crippen LogP contribution < -0.4 is 15.8 Å². The van der Waals surface area contributed by atoms with Crippen molar-refractivity contribution >= 4 is 21.8 Å². The van der Waals surface area contributed by atoms with Gasteiger partial charge in [0.25, 0.3) is 5.91 Å². The van der Waals surface area contributed by atoms with Gasteiger partial charge in [0.2, 0.25) is 0 Å². The molecular formula is C15H19BrN2O3.